The van der Waals surface area contributed by atoms with Crippen LogP contribution in [0.4, 0.5) is 0 Å². The largest absolute Gasteiger partial charge is 0.480 e. The number of hydrogen-bond donors (Lipinski definition) is 2. The number of likely N-dealkylation sites (N-methyl/N-ethyl adjacent to an activating group) is 1. The van der Waals surface area contributed by atoms with Crippen molar-refractivity contribution >= 4 is 22.8 Å². The highest BCUT2D eigenvalue weighted by Crippen LogP contribution is 2.27. The highest BCUT2D eigenvalue weighted by atomic mass is 16.4. The first-order valence-electron chi connectivity index (χ1n) is 7.59. The Morgan fingerprint density at radius 1 is 1.09 bits per heavy atom. The average molecular weight is 316 g/mol. The van der Waals surface area contributed by atoms with Crippen molar-refractivity contribution in [1.29, 1.82) is 0 Å². The minimum Gasteiger partial charge on any atom is -0.480 e. The first-order valence-corrected chi connectivity index (χ1v) is 7.59. The third kappa shape index (κ3) is 3.09. The quantitative estimate of drug-likeness (QED) is 0.911. The number of aromatic amines is 1. The van der Waals surface area contributed by atoms with Gasteiger partial charge in [0.2, 0.25) is 0 Å². The molecule has 0 radical (unpaired) electrons. The SMILES string of the molecule is CN(C(=O)c1cc2ccc(C(C)(C)C)cc2[nH]1)C(C)(C)C(=O)O. The fourth-order valence-corrected chi connectivity index (χ4v) is 2.29. The first kappa shape index (κ1) is 17.1. The van der Waals surface area contributed by atoms with Crippen LogP contribution in [0.5, 0.6) is 0 Å². The molecule has 0 saturated carbocycles. The number of rotatable bonds is 3. The summed E-state index contributed by atoms with van der Waals surface area (Å²) in [7, 11) is 1.50. The first-order chi connectivity index (χ1) is 10.4. The number of carbonyl (C=O) groups excluding carboxylic acids is 1. The van der Waals surface area contributed by atoms with Gasteiger partial charge in [-0.2, -0.15) is 0 Å². The standard InChI is InChI=1S/C18H24N2O3/c1-17(2,3)12-8-7-11-9-14(19-13(11)10-12)15(21)20(6)18(4,5)16(22)23/h7-10,19H,1-6H3,(H,22,23). The fraction of sp³-hybridized carbons (Fsp3) is 0.444. The van der Waals surface area contributed by atoms with Gasteiger partial charge >= 0.3 is 5.97 Å². The van der Waals surface area contributed by atoms with Gasteiger partial charge in [-0.1, -0.05) is 32.9 Å². The van der Waals surface area contributed by atoms with Gasteiger partial charge in [0.05, 0.1) is 0 Å². The van der Waals surface area contributed by atoms with Gasteiger partial charge < -0.3 is 15.0 Å². The molecule has 124 valence electrons. The molecule has 0 spiro atoms. The number of carboxylic acids is 1. The van der Waals surface area contributed by atoms with Crippen molar-refractivity contribution in [2.75, 3.05) is 7.05 Å². The summed E-state index contributed by atoms with van der Waals surface area (Å²) in [6, 6.07) is 7.83. The summed E-state index contributed by atoms with van der Waals surface area (Å²) in [5, 5.41) is 10.2. The topological polar surface area (TPSA) is 73.4 Å². The van der Waals surface area contributed by atoms with Crippen molar-refractivity contribution in [1.82, 2.24) is 9.88 Å². The lowest BCUT2D eigenvalue weighted by molar-refractivity contribution is -0.147. The maximum absolute atomic E-state index is 12.6. The number of aromatic nitrogens is 1. The predicted molar refractivity (Wildman–Crippen MR) is 90.8 cm³/mol. The Bertz CT molecular complexity index is 766. The highest BCUT2D eigenvalue weighted by Gasteiger charge is 2.36. The van der Waals surface area contributed by atoms with Gasteiger partial charge in [0, 0.05) is 18.0 Å². The maximum atomic E-state index is 12.6. The number of nitrogens with zero attached hydrogens (tertiary/aromatic N) is 1. The molecule has 2 N–H and O–H groups in total. The Morgan fingerprint density at radius 2 is 1.70 bits per heavy atom. The Labute approximate surface area is 136 Å². The van der Waals surface area contributed by atoms with Gasteiger partial charge in [-0.15, -0.1) is 0 Å². The van der Waals surface area contributed by atoms with Crippen LogP contribution in [0.2, 0.25) is 0 Å². The molecule has 2 aromatic rings. The summed E-state index contributed by atoms with van der Waals surface area (Å²) >= 11 is 0. The Balaban J connectivity index is 2.41. The fourth-order valence-electron chi connectivity index (χ4n) is 2.29. The Morgan fingerprint density at radius 3 is 2.22 bits per heavy atom. The second-order valence-electron chi connectivity index (χ2n) is 7.46. The molecule has 0 saturated heterocycles. The van der Waals surface area contributed by atoms with E-state index in [0.717, 1.165) is 10.9 Å². The second kappa shape index (κ2) is 5.41. The molecule has 0 unspecified atom stereocenters. The predicted octanol–water partition coefficient (Wildman–Crippen LogP) is 3.40. The molecule has 0 aliphatic carbocycles. The van der Waals surface area contributed by atoms with E-state index in [1.165, 1.54) is 31.4 Å². The minimum absolute atomic E-state index is 0.0194. The van der Waals surface area contributed by atoms with E-state index in [1.807, 2.05) is 12.1 Å². The molecule has 0 fully saturated rings. The molecule has 1 aromatic heterocycles. The van der Waals surface area contributed by atoms with E-state index < -0.39 is 11.5 Å². The van der Waals surface area contributed by atoms with Gasteiger partial charge in [0.1, 0.15) is 11.2 Å². The van der Waals surface area contributed by atoms with Crippen LogP contribution in [0.1, 0.15) is 50.7 Å². The molecule has 23 heavy (non-hydrogen) atoms. The van der Waals surface area contributed by atoms with Crippen LogP contribution in [0.25, 0.3) is 10.9 Å². The summed E-state index contributed by atoms with van der Waals surface area (Å²) in [5.74, 6) is -1.38. The van der Waals surface area contributed by atoms with E-state index in [4.69, 9.17) is 0 Å². The second-order valence-corrected chi connectivity index (χ2v) is 7.46. The lowest BCUT2D eigenvalue weighted by atomic mass is 9.87. The molecule has 5 heteroatoms. The Hall–Kier alpha value is -2.30. The lowest BCUT2D eigenvalue weighted by Crippen LogP contribution is -2.50. The summed E-state index contributed by atoms with van der Waals surface area (Å²) in [6.07, 6.45) is 0. The van der Waals surface area contributed by atoms with Crippen LogP contribution >= 0.6 is 0 Å². The molecule has 1 heterocycles. The van der Waals surface area contributed by atoms with Gasteiger partial charge in [-0.05, 0) is 37.0 Å². The highest BCUT2D eigenvalue weighted by molar-refractivity contribution is 6.00. The lowest BCUT2D eigenvalue weighted by Gasteiger charge is -2.31. The molecule has 0 aliphatic rings. The summed E-state index contributed by atoms with van der Waals surface area (Å²) in [6.45, 7) is 9.41. The number of benzene rings is 1. The van der Waals surface area contributed by atoms with Gasteiger partial charge in [-0.25, -0.2) is 4.79 Å². The molecule has 0 atom stereocenters. The molecular formula is C18H24N2O3. The average Bonchev–Trinajstić information content (AvgIpc) is 2.87. The van der Waals surface area contributed by atoms with Crippen LogP contribution < -0.4 is 0 Å². The number of nitrogens with one attached hydrogen (secondary N) is 1. The van der Waals surface area contributed by atoms with E-state index in [2.05, 4.69) is 31.8 Å². The van der Waals surface area contributed by atoms with E-state index in [9.17, 15) is 14.7 Å². The maximum Gasteiger partial charge on any atom is 0.329 e. The molecular weight excluding hydrogens is 292 g/mol. The van der Waals surface area contributed by atoms with Crippen molar-refractivity contribution in [3.8, 4) is 0 Å². The summed E-state index contributed by atoms with van der Waals surface area (Å²) in [4.78, 5) is 28.3. The molecule has 2 rings (SSSR count). The van der Waals surface area contributed by atoms with Crippen molar-refractivity contribution in [3.63, 3.8) is 0 Å². The smallest absolute Gasteiger partial charge is 0.329 e. The third-order valence-corrected chi connectivity index (χ3v) is 4.39. The summed E-state index contributed by atoms with van der Waals surface area (Å²) in [5.41, 5.74) is 1.19. The Kier molecular flexibility index (Phi) is 4.01. The monoisotopic (exact) mass is 316 g/mol. The minimum atomic E-state index is -1.27. The van der Waals surface area contributed by atoms with E-state index in [0.29, 0.717) is 5.69 Å². The van der Waals surface area contributed by atoms with Crippen LogP contribution in [-0.2, 0) is 10.2 Å². The molecule has 0 aliphatic heterocycles. The zero-order valence-electron chi connectivity index (χ0n) is 14.5. The number of amides is 1. The number of carboxylic acid groups (broad SMARTS) is 1. The normalized spacial score (nSPS) is 12.4. The molecule has 0 bridgehead atoms. The zero-order valence-corrected chi connectivity index (χ0v) is 14.5. The van der Waals surface area contributed by atoms with Gasteiger partial charge in [0.25, 0.3) is 5.91 Å². The number of carbonyl (C=O) groups is 2. The summed E-state index contributed by atoms with van der Waals surface area (Å²) < 4.78 is 0. The molecule has 1 amide bonds. The van der Waals surface area contributed by atoms with Crippen molar-refractivity contribution < 1.29 is 14.7 Å². The van der Waals surface area contributed by atoms with Crippen LogP contribution in [-0.4, -0.2) is 39.5 Å². The zero-order chi connectivity index (χ0) is 17.6. The molecule has 5 nitrogen and oxygen atoms in total. The van der Waals surface area contributed by atoms with Crippen LogP contribution in [0.15, 0.2) is 24.3 Å². The number of fused-ring (bicyclic) bond motifs is 1. The van der Waals surface area contributed by atoms with E-state index in [1.54, 1.807) is 6.07 Å². The van der Waals surface area contributed by atoms with E-state index in [-0.39, 0.29) is 11.3 Å². The van der Waals surface area contributed by atoms with Crippen LogP contribution in [0, 0.1) is 0 Å². The van der Waals surface area contributed by atoms with E-state index >= 15 is 0 Å². The van der Waals surface area contributed by atoms with Crippen molar-refractivity contribution in [3.05, 3.63) is 35.5 Å². The number of aliphatic carboxylic acids is 1. The number of H-pyrrole nitrogens is 1. The van der Waals surface area contributed by atoms with Crippen molar-refractivity contribution in [2.24, 2.45) is 0 Å². The van der Waals surface area contributed by atoms with Gasteiger partial charge in [0.15, 0.2) is 0 Å². The van der Waals surface area contributed by atoms with Crippen molar-refractivity contribution in [2.45, 2.75) is 45.6 Å². The van der Waals surface area contributed by atoms with Crippen LogP contribution in [0.3, 0.4) is 0 Å². The third-order valence-electron chi connectivity index (χ3n) is 4.39. The van der Waals surface area contributed by atoms with Gasteiger partial charge in [-0.3, -0.25) is 4.79 Å². The molecule has 1 aromatic carbocycles. The number of hydrogen-bond acceptors (Lipinski definition) is 2.